The van der Waals surface area contributed by atoms with Crippen LogP contribution >= 0.6 is 0 Å². The highest BCUT2D eigenvalue weighted by molar-refractivity contribution is 5.88. The van der Waals surface area contributed by atoms with Gasteiger partial charge in [0, 0.05) is 51.0 Å². The molecule has 0 aromatic heterocycles. The number of nitrogens with zero attached hydrogens (tertiary/aromatic N) is 3. The molecule has 3 aliphatic rings. The molecule has 4 rings (SSSR count). The number of amides is 2. The fourth-order valence-corrected chi connectivity index (χ4v) is 4.26. The third-order valence-corrected chi connectivity index (χ3v) is 5.89. The number of rotatable bonds is 6. The normalized spacial score (nSPS) is 24.3. The number of hydrazine groups is 1. The number of piperazine rings is 1. The Labute approximate surface area is 176 Å². The van der Waals surface area contributed by atoms with Crippen LogP contribution in [0, 0.1) is 5.82 Å². The molecule has 8 nitrogen and oxygen atoms in total. The standard InChI is InChI=1S/C21H29FN6O2/c1-15-14-28-19(21(30)24-15)13-17(25-28)20(29)23-7-4-8-26-9-11-27(12-10-26)18-6-3-2-5-16(18)22/h2-3,5-6,14,17,19,25H,4,7-13H2,1H3,(H,23,29)(H,24,30). The first-order valence-corrected chi connectivity index (χ1v) is 10.5. The molecular formula is C21H29FN6O2. The zero-order valence-corrected chi connectivity index (χ0v) is 17.2. The molecule has 0 bridgehead atoms. The molecule has 2 fully saturated rings. The van der Waals surface area contributed by atoms with Gasteiger partial charge in [-0.2, -0.15) is 0 Å². The number of halogens is 1. The third-order valence-electron chi connectivity index (χ3n) is 5.89. The first kappa shape index (κ1) is 20.6. The number of carbonyl (C=O) groups is 2. The lowest BCUT2D eigenvalue weighted by atomic mass is 10.1. The average molecular weight is 417 g/mol. The van der Waals surface area contributed by atoms with Crippen LogP contribution in [0.5, 0.6) is 0 Å². The second-order valence-corrected chi connectivity index (χ2v) is 8.07. The van der Waals surface area contributed by atoms with E-state index < -0.39 is 6.04 Å². The van der Waals surface area contributed by atoms with E-state index in [1.54, 1.807) is 11.1 Å². The summed E-state index contributed by atoms with van der Waals surface area (Å²) in [5.41, 5.74) is 4.54. The van der Waals surface area contributed by atoms with Gasteiger partial charge in [-0.3, -0.25) is 14.5 Å². The predicted molar refractivity (Wildman–Crippen MR) is 112 cm³/mol. The maximum Gasteiger partial charge on any atom is 0.248 e. The molecule has 0 saturated carbocycles. The van der Waals surface area contributed by atoms with E-state index >= 15 is 0 Å². The minimum atomic E-state index is -0.396. The third kappa shape index (κ3) is 4.57. The lowest BCUT2D eigenvalue weighted by Gasteiger charge is -2.36. The molecule has 3 N–H and O–H groups in total. The van der Waals surface area contributed by atoms with Crippen LogP contribution in [0.25, 0.3) is 0 Å². The summed E-state index contributed by atoms with van der Waals surface area (Å²) in [4.78, 5) is 28.9. The van der Waals surface area contributed by atoms with Crippen molar-refractivity contribution < 1.29 is 14.0 Å². The molecule has 30 heavy (non-hydrogen) atoms. The second-order valence-electron chi connectivity index (χ2n) is 8.07. The smallest absolute Gasteiger partial charge is 0.248 e. The van der Waals surface area contributed by atoms with Gasteiger partial charge in [0.1, 0.15) is 17.9 Å². The molecule has 162 valence electrons. The fourth-order valence-electron chi connectivity index (χ4n) is 4.26. The van der Waals surface area contributed by atoms with E-state index in [9.17, 15) is 14.0 Å². The summed E-state index contributed by atoms with van der Waals surface area (Å²) in [5, 5.41) is 7.50. The van der Waals surface area contributed by atoms with Crippen molar-refractivity contribution in [2.45, 2.75) is 31.8 Å². The zero-order valence-electron chi connectivity index (χ0n) is 17.2. The van der Waals surface area contributed by atoms with Crippen LogP contribution in [-0.4, -0.2) is 73.1 Å². The quantitative estimate of drug-likeness (QED) is 0.583. The Balaban J connectivity index is 1.15. The number of nitrogens with one attached hydrogen (secondary N) is 3. The Bertz CT molecular complexity index is 823. The van der Waals surface area contributed by atoms with Crippen LogP contribution < -0.4 is 21.0 Å². The summed E-state index contributed by atoms with van der Waals surface area (Å²) in [7, 11) is 0. The van der Waals surface area contributed by atoms with E-state index in [-0.39, 0.29) is 23.7 Å². The van der Waals surface area contributed by atoms with Crippen molar-refractivity contribution in [3.05, 3.63) is 42.0 Å². The van der Waals surface area contributed by atoms with Gasteiger partial charge in [-0.15, -0.1) is 0 Å². The SMILES string of the molecule is CC1=CN2NC(C(=O)NCCCN3CCN(c4ccccc4F)CC3)CC2C(=O)N1. The Kier molecular flexibility index (Phi) is 6.19. The van der Waals surface area contributed by atoms with Crippen LogP contribution in [0.2, 0.25) is 0 Å². The molecule has 2 unspecified atom stereocenters. The van der Waals surface area contributed by atoms with Crippen molar-refractivity contribution in [3.63, 3.8) is 0 Å². The molecule has 2 saturated heterocycles. The summed E-state index contributed by atoms with van der Waals surface area (Å²) < 4.78 is 13.9. The molecule has 1 aromatic carbocycles. The van der Waals surface area contributed by atoms with Crippen LogP contribution in [0.1, 0.15) is 19.8 Å². The van der Waals surface area contributed by atoms with Gasteiger partial charge in [0.05, 0.1) is 5.69 Å². The van der Waals surface area contributed by atoms with Crippen molar-refractivity contribution >= 4 is 17.5 Å². The lowest BCUT2D eigenvalue weighted by molar-refractivity contribution is -0.125. The highest BCUT2D eigenvalue weighted by atomic mass is 19.1. The summed E-state index contributed by atoms with van der Waals surface area (Å²) in [5.74, 6) is -0.326. The first-order chi connectivity index (χ1) is 14.5. The molecular weight excluding hydrogens is 387 g/mol. The largest absolute Gasteiger partial charge is 0.367 e. The van der Waals surface area contributed by atoms with E-state index in [0.717, 1.165) is 44.8 Å². The first-order valence-electron chi connectivity index (χ1n) is 10.5. The van der Waals surface area contributed by atoms with Gasteiger partial charge >= 0.3 is 0 Å². The highest BCUT2D eigenvalue weighted by Gasteiger charge is 2.40. The number of allylic oxidation sites excluding steroid dienone is 1. The molecule has 9 heteroatoms. The number of anilines is 1. The fraction of sp³-hybridized carbons (Fsp3) is 0.524. The van der Waals surface area contributed by atoms with Crippen LogP contribution in [0.4, 0.5) is 10.1 Å². The molecule has 2 atom stereocenters. The van der Waals surface area contributed by atoms with Crippen molar-refractivity contribution in [1.29, 1.82) is 0 Å². The molecule has 3 heterocycles. The number of fused-ring (bicyclic) bond motifs is 1. The van der Waals surface area contributed by atoms with E-state index in [1.165, 1.54) is 6.07 Å². The van der Waals surface area contributed by atoms with Gasteiger partial charge in [0.2, 0.25) is 11.8 Å². The molecule has 1 aromatic rings. The van der Waals surface area contributed by atoms with E-state index in [4.69, 9.17) is 0 Å². The number of hydrogen-bond donors (Lipinski definition) is 3. The van der Waals surface area contributed by atoms with Gasteiger partial charge in [-0.25, -0.2) is 9.82 Å². The van der Waals surface area contributed by atoms with Crippen molar-refractivity contribution in [2.24, 2.45) is 0 Å². The van der Waals surface area contributed by atoms with Gasteiger partial charge < -0.3 is 20.5 Å². The number of para-hydroxylation sites is 1. The van der Waals surface area contributed by atoms with Crippen LogP contribution in [0.3, 0.4) is 0 Å². The summed E-state index contributed by atoms with van der Waals surface area (Å²) in [6.07, 6.45) is 3.13. The monoisotopic (exact) mass is 416 g/mol. The van der Waals surface area contributed by atoms with Crippen molar-refractivity contribution in [2.75, 3.05) is 44.2 Å². The lowest BCUT2D eigenvalue weighted by Crippen LogP contribution is -2.49. The molecule has 0 spiro atoms. The van der Waals surface area contributed by atoms with Crippen molar-refractivity contribution in [3.8, 4) is 0 Å². The molecule has 0 radical (unpaired) electrons. The molecule has 0 aliphatic carbocycles. The van der Waals surface area contributed by atoms with E-state index in [2.05, 4.69) is 25.9 Å². The van der Waals surface area contributed by atoms with Gasteiger partial charge in [-0.1, -0.05) is 12.1 Å². The predicted octanol–water partition coefficient (Wildman–Crippen LogP) is 0.393. The molecule has 3 aliphatic heterocycles. The van der Waals surface area contributed by atoms with E-state index in [0.29, 0.717) is 18.7 Å². The molecule has 2 amide bonds. The van der Waals surface area contributed by atoms with Crippen LogP contribution in [0.15, 0.2) is 36.2 Å². The van der Waals surface area contributed by atoms with Gasteiger partial charge in [0.25, 0.3) is 0 Å². The average Bonchev–Trinajstić information content (AvgIpc) is 3.16. The van der Waals surface area contributed by atoms with Crippen LogP contribution in [-0.2, 0) is 9.59 Å². The van der Waals surface area contributed by atoms with Gasteiger partial charge in [0.15, 0.2) is 0 Å². The highest BCUT2D eigenvalue weighted by Crippen LogP contribution is 2.21. The minimum Gasteiger partial charge on any atom is -0.367 e. The Morgan fingerprint density at radius 1 is 1.23 bits per heavy atom. The van der Waals surface area contributed by atoms with E-state index in [1.807, 2.05) is 25.3 Å². The number of benzene rings is 1. The zero-order chi connectivity index (χ0) is 21.1. The van der Waals surface area contributed by atoms with Gasteiger partial charge in [-0.05, 0) is 32.0 Å². The summed E-state index contributed by atoms with van der Waals surface area (Å²) in [6, 6.07) is 6.16. The van der Waals surface area contributed by atoms with Crippen molar-refractivity contribution in [1.82, 2.24) is 26.0 Å². The minimum absolute atomic E-state index is 0.0763. The Morgan fingerprint density at radius 3 is 2.77 bits per heavy atom. The number of hydrogen-bond acceptors (Lipinski definition) is 6. The summed E-state index contributed by atoms with van der Waals surface area (Å²) in [6.45, 7) is 6.66. The maximum atomic E-state index is 13.9. The Morgan fingerprint density at radius 2 is 2.00 bits per heavy atom. The maximum absolute atomic E-state index is 13.9. The number of carbonyl (C=O) groups excluding carboxylic acids is 2. The second kappa shape index (κ2) is 9.01. The Hall–Kier alpha value is -2.65. The summed E-state index contributed by atoms with van der Waals surface area (Å²) >= 11 is 0. The topological polar surface area (TPSA) is 80.0 Å².